The molecule has 2 aromatic carbocycles. The first kappa shape index (κ1) is 29.0. The van der Waals surface area contributed by atoms with E-state index in [0.717, 1.165) is 42.7 Å². The number of benzene rings is 2. The summed E-state index contributed by atoms with van der Waals surface area (Å²) in [4.78, 5) is 30.3. The van der Waals surface area contributed by atoms with Crippen LogP contribution in [0.15, 0.2) is 66.9 Å². The predicted molar refractivity (Wildman–Crippen MR) is 149 cm³/mol. The van der Waals surface area contributed by atoms with Gasteiger partial charge in [0.15, 0.2) is 0 Å². The average Bonchev–Trinajstić information content (AvgIpc) is 3.37. The quantitative estimate of drug-likeness (QED) is 0.239. The monoisotopic (exact) mass is 521 g/mol. The molecule has 0 spiro atoms. The van der Waals surface area contributed by atoms with Gasteiger partial charge in [0.05, 0.1) is 19.2 Å². The lowest BCUT2D eigenvalue weighted by Crippen LogP contribution is -2.46. The van der Waals surface area contributed by atoms with E-state index in [2.05, 4.69) is 11.5 Å². The maximum absolute atomic E-state index is 14.4. The largest absolute Gasteiger partial charge is 0.497 e. The van der Waals surface area contributed by atoms with Gasteiger partial charge in [-0.1, -0.05) is 51.0 Å². The second-order valence-electron chi connectivity index (χ2n) is 9.67. The third-order valence-electron chi connectivity index (χ3n) is 6.94. The van der Waals surface area contributed by atoms with Crippen LogP contribution in [0.1, 0.15) is 68.1 Å². The van der Waals surface area contributed by atoms with Gasteiger partial charge in [-0.2, -0.15) is 0 Å². The summed E-state index contributed by atoms with van der Waals surface area (Å²) in [7, 11) is 1.65. The Morgan fingerprint density at radius 3 is 2.53 bits per heavy atom. The van der Waals surface area contributed by atoms with Gasteiger partial charge in [-0.05, 0) is 61.7 Å². The van der Waals surface area contributed by atoms with E-state index < -0.39 is 11.7 Å². The fraction of sp³-hybridized carbons (Fsp3) is 0.419. The summed E-state index contributed by atoms with van der Waals surface area (Å²) in [5, 5.41) is 0. The van der Waals surface area contributed by atoms with Gasteiger partial charge in [0.2, 0.25) is 5.91 Å². The molecule has 0 saturated heterocycles. The number of carbonyl (C=O) groups is 2. The van der Waals surface area contributed by atoms with Crippen LogP contribution in [0, 0.1) is 5.82 Å². The molecular formula is C31H40FN3O3. The lowest BCUT2D eigenvalue weighted by molar-refractivity contribution is -0.134. The predicted octanol–water partition coefficient (Wildman–Crippen LogP) is 6.14. The van der Waals surface area contributed by atoms with Crippen LogP contribution in [-0.4, -0.2) is 52.4 Å². The Morgan fingerprint density at radius 1 is 1.03 bits per heavy atom. The van der Waals surface area contributed by atoms with Crippen LogP contribution in [0.25, 0.3) is 0 Å². The molecule has 204 valence electrons. The Labute approximate surface area is 226 Å². The second kappa shape index (κ2) is 14.4. The molecule has 6 nitrogen and oxygen atoms in total. The number of halogens is 1. The standard InChI is InChI=1S/C31H40FN3O3/c1-5-7-10-18-34(31(37)28-16-8-9-17-29(28)32)23-30(36)35(24(3)6-2)22-26-14-12-19-33(26)21-25-13-11-15-27(20-25)38-4/h8-9,11-17,19-20,24H,5-7,10,18,21-23H2,1-4H3. The lowest BCUT2D eigenvalue weighted by atomic mass is 10.1. The molecule has 38 heavy (non-hydrogen) atoms. The summed E-state index contributed by atoms with van der Waals surface area (Å²) in [6.07, 6.45) is 5.46. The lowest BCUT2D eigenvalue weighted by Gasteiger charge is -2.32. The molecule has 1 atom stereocenters. The van der Waals surface area contributed by atoms with E-state index in [1.54, 1.807) is 19.2 Å². The third kappa shape index (κ3) is 7.70. The van der Waals surface area contributed by atoms with Gasteiger partial charge in [-0.3, -0.25) is 9.59 Å². The summed E-state index contributed by atoms with van der Waals surface area (Å²) in [6, 6.07) is 17.9. The van der Waals surface area contributed by atoms with Gasteiger partial charge in [0.1, 0.15) is 18.1 Å². The highest BCUT2D eigenvalue weighted by Crippen LogP contribution is 2.18. The maximum Gasteiger partial charge on any atom is 0.257 e. The van der Waals surface area contributed by atoms with E-state index in [-0.39, 0.29) is 24.1 Å². The van der Waals surface area contributed by atoms with Gasteiger partial charge in [0.25, 0.3) is 5.91 Å². The van der Waals surface area contributed by atoms with Crippen LogP contribution in [-0.2, 0) is 17.9 Å². The number of hydrogen-bond acceptors (Lipinski definition) is 3. The zero-order valence-electron chi connectivity index (χ0n) is 23.0. The Bertz CT molecular complexity index is 1190. The number of nitrogens with zero attached hydrogens (tertiary/aromatic N) is 3. The molecule has 0 bridgehead atoms. The van der Waals surface area contributed by atoms with Crippen LogP contribution >= 0.6 is 0 Å². The minimum atomic E-state index is -0.570. The number of amides is 2. The molecular weight excluding hydrogens is 481 g/mol. The van der Waals surface area contributed by atoms with Crippen molar-refractivity contribution in [1.29, 1.82) is 0 Å². The SMILES string of the molecule is CCCCCN(CC(=O)N(Cc1cccn1Cc1cccc(OC)c1)C(C)CC)C(=O)c1ccccc1F. The molecule has 7 heteroatoms. The minimum Gasteiger partial charge on any atom is -0.497 e. The zero-order valence-corrected chi connectivity index (χ0v) is 23.0. The number of methoxy groups -OCH3 is 1. The van der Waals surface area contributed by atoms with Gasteiger partial charge in [0, 0.05) is 31.0 Å². The van der Waals surface area contributed by atoms with E-state index in [0.29, 0.717) is 19.6 Å². The molecule has 1 unspecified atom stereocenters. The topological polar surface area (TPSA) is 54.8 Å². The first-order chi connectivity index (χ1) is 18.4. The van der Waals surface area contributed by atoms with Crippen molar-refractivity contribution in [2.75, 3.05) is 20.2 Å². The van der Waals surface area contributed by atoms with Crippen molar-refractivity contribution in [2.45, 2.75) is 65.6 Å². The van der Waals surface area contributed by atoms with Crippen LogP contribution < -0.4 is 4.74 Å². The summed E-state index contributed by atoms with van der Waals surface area (Å²) in [5.41, 5.74) is 2.10. The highest BCUT2D eigenvalue weighted by Gasteiger charge is 2.26. The highest BCUT2D eigenvalue weighted by atomic mass is 19.1. The van der Waals surface area contributed by atoms with E-state index in [4.69, 9.17) is 4.74 Å². The van der Waals surface area contributed by atoms with Crippen LogP contribution in [0.4, 0.5) is 4.39 Å². The van der Waals surface area contributed by atoms with Gasteiger partial charge < -0.3 is 19.1 Å². The number of rotatable bonds is 14. The fourth-order valence-electron chi connectivity index (χ4n) is 4.46. The summed E-state index contributed by atoms with van der Waals surface area (Å²) < 4.78 is 21.9. The van der Waals surface area contributed by atoms with Crippen molar-refractivity contribution in [3.05, 3.63) is 89.5 Å². The Kier molecular flexibility index (Phi) is 10.9. The molecule has 0 fully saturated rings. The van der Waals surface area contributed by atoms with Crippen LogP contribution in [0.5, 0.6) is 5.75 Å². The molecule has 0 aliphatic rings. The van der Waals surface area contributed by atoms with Crippen LogP contribution in [0.3, 0.4) is 0 Å². The van der Waals surface area contributed by atoms with E-state index in [9.17, 15) is 14.0 Å². The second-order valence-corrected chi connectivity index (χ2v) is 9.67. The Hall–Kier alpha value is -3.61. The van der Waals surface area contributed by atoms with E-state index >= 15 is 0 Å². The maximum atomic E-state index is 14.4. The molecule has 0 radical (unpaired) electrons. The zero-order chi connectivity index (χ0) is 27.5. The van der Waals surface area contributed by atoms with E-state index in [1.807, 2.05) is 61.3 Å². The molecule has 1 heterocycles. The van der Waals surface area contributed by atoms with Crippen molar-refractivity contribution in [1.82, 2.24) is 14.4 Å². The minimum absolute atomic E-state index is 0.000876. The number of carbonyl (C=O) groups excluding carboxylic acids is 2. The Balaban J connectivity index is 1.80. The van der Waals surface area contributed by atoms with Crippen molar-refractivity contribution < 1.29 is 18.7 Å². The van der Waals surface area contributed by atoms with Crippen molar-refractivity contribution in [2.24, 2.45) is 0 Å². The van der Waals surface area contributed by atoms with Gasteiger partial charge in [-0.15, -0.1) is 0 Å². The molecule has 0 N–H and O–H groups in total. The molecule has 3 rings (SSSR count). The third-order valence-corrected chi connectivity index (χ3v) is 6.94. The first-order valence-corrected chi connectivity index (χ1v) is 13.5. The molecule has 2 amide bonds. The molecule has 1 aromatic heterocycles. The van der Waals surface area contributed by atoms with Crippen molar-refractivity contribution in [3.63, 3.8) is 0 Å². The van der Waals surface area contributed by atoms with Gasteiger partial charge >= 0.3 is 0 Å². The summed E-state index contributed by atoms with van der Waals surface area (Å²) >= 11 is 0. The smallest absolute Gasteiger partial charge is 0.257 e. The molecule has 0 saturated carbocycles. The first-order valence-electron chi connectivity index (χ1n) is 13.5. The number of unbranched alkanes of at least 4 members (excludes halogenated alkanes) is 2. The van der Waals surface area contributed by atoms with Crippen molar-refractivity contribution >= 4 is 11.8 Å². The normalized spacial score (nSPS) is 11.7. The number of ether oxygens (including phenoxy) is 1. The fourth-order valence-corrected chi connectivity index (χ4v) is 4.46. The molecule has 3 aromatic rings. The van der Waals surface area contributed by atoms with Crippen LogP contribution in [0.2, 0.25) is 0 Å². The Morgan fingerprint density at radius 2 is 1.82 bits per heavy atom. The highest BCUT2D eigenvalue weighted by molar-refractivity contribution is 5.96. The number of aromatic nitrogens is 1. The molecule has 0 aliphatic heterocycles. The summed E-state index contributed by atoms with van der Waals surface area (Å²) in [5.74, 6) is -0.359. The van der Waals surface area contributed by atoms with E-state index in [1.165, 1.54) is 17.0 Å². The van der Waals surface area contributed by atoms with Crippen molar-refractivity contribution in [3.8, 4) is 5.75 Å². The number of hydrogen-bond donors (Lipinski definition) is 0. The molecule has 0 aliphatic carbocycles. The summed E-state index contributed by atoms with van der Waals surface area (Å²) in [6.45, 7) is 7.54. The average molecular weight is 522 g/mol. The van der Waals surface area contributed by atoms with Gasteiger partial charge in [-0.25, -0.2) is 4.39 Å².